The molecule has 116 valence electrons. The third kappa shape index (κ3) is 4.11. The number of rotatable bonds is 4. The molecule has 1 aliphatic heterocycles. The number of nitrogens with zero attached hydrogens (tertiary/aromatic N) is 2. The summed E-state index contributed by atoms with van der Waals surface area (Å²) in [6.07, 6.45) is 11.4. The zero-order valence-corrected chi connectivity index (χ0v) is 13.0. The van der Waals surface area contributed by atoms with Crippen molar-refractivity contribution in [2.75, 3.05) is 26.7 Å². The maximum Gasteiger partial charge on any atom is 0.320 e. The largest absolute Gasteiger partial charge is 0.328 e. The number of urea groups is 1. The van der Waals surface area contributed by atoms with Crippen LogP contribution in [-0.4, -0.2) is 48.6 Å². The van der Waals surface area contributed by atoms with E-state index < -0.39 is 0 Å². The minimum Gasteiger partial charge on any atom is -0.328 e. The van der Waals surface area contributed by atoms with E-state index in [1.54, 1.807) is 0 Å². The van der Waals surface area contributed by atoms with E-state index in [2.05, 4.69) is 0 Å². The molecular weight excluding hydrogens is 250 g/mol. The number of amides is 2. The number of carbonyl (C=O) groups is 1. The fourth-order valence-corrected chi connectivity index (χ4v) is 3.68. The fraction of sp³-hybridized carbons (Fsp3) is 0.938. The Balaban J connectivity index is 1.86. The molecule has 4 nitrogen and oxygen atoms in total. The standard InChI is InChI=1S/C16H31N3O/c1-18(16(20)19-10-6-3-7-11-19)15(13-17)12-14-8-4-2-5-9-14/h14-15H,2-13,17H2,1H3. The van der Waals surface area contributed by atoms with Crippen molar-refractivity contribution in [1.82, 2.24) is 9.80 Å². The number of likely N-dealkylation sites (tertiary alicyclic amines) is 1. The monoisotopic (exact) mass is 281 g/mol. The van der Waals surface area contributed by atoms with Crippen LogP contribution in [0.5, 0.6) is 0 Å². The number of carbonyl (C=O) groups excluding carboxylic acids is 1. The van der Waals surface area contributed by atoms with E-state index in [9.17, 15) is 4.79 Å². The van der Waals surface area contributed by atoms with Crippen molar-refractivity contribution in [3.05, 3.63) is 0 Å². The minimum absolute atomic E-state index is 0.191. The highest BCUT2D eigenvalue weighted by atomic mass is 16.2. The maximum absolute atomic E-state index is 12.5. The van der Waals surface area contributed by atoms with Gasteiger partial charge in [0.1, 0.15) is 0 Å². The normalized spacial score (nSPS) is 22.6. The molecule has 2 fully saturated rings. The van der Waals surface area contributed by atoms with E-state index in [1.807, 2.05) is 16.8 Å². The highest BCUT2D eigenvalue weighted by Crippen LogP contribution is 2.28. The quantitative estimate of drug-likeness (QED) is 0.861. The summed E-state index contributed by atoms with van der Waals surface area (Å²) in [6, 6.07) is 0.406. The first kappa shape index (κ1) is 15.6. The van der Waals surface area contributed by atoms with Gasteiger partial charge in [-0.15, -0.1) is 0 Å². The van der Waals surface area contributed by atoms with E-state index in [1.165, 1.54) is 38.5 Å². The SMILES string of the molecule is CN(C(=O)N1CCCCC1)C(CN)CC1CCCCC1. The van der Waals surface area contributed by atoms with Crippen LogP contribution in [0.25, 0.3) is 0 Å². The van der Waals surface area contributed by atoms with E-state index in [4.69, 9.17) is 5.73 Å². The molecule has 1 saturated heterocycles. The number of nitrogens with two attached hydrogens (primary N) is 1. The van der Waals surface area contributed by atoms with Crippen molar-refractivity contribution in [3.63, 3.8) is 0 Å². The maximum atomic E-state index is 12.5. The summed E-state index contributed by atoms with van der Waals surface area (Å²) in [7, 11) is 1.94. The molecular formula is C16H31N3O. The lowest BCUT2D eigenvalue weighted by Gasteiger charge is -2.36. The van der Waals surface area contributed by atoms with Crippen LogP contribution in [0.3, 0.4) is 0 Å². The van der Waals surface area contributed by atoms with Crippen LogP contribution < -0.4 is 5.73 Å². The summed E-state index contributed by atoms with van der Waals surface area (Å²) >= 11 is 0. The summed E-state index contributed by atoms with van der Waals surface area (Å²) < 4.78 is 0. The van der Waals surface area contributed by atoms with Crippen LogP contribution in [0.15, 0.2) is 0 Å². The average Bonchev–Trinajstić information content (AvgIpc) is 2.53. The third-order valence-corrected chi connectivity index (χ3v) is 5.08. The van der Waals surface area contributed by atoms with Gasteiger partial charge in [-0.1, -0.05) is 32.1 Å². The van der Waals surface area contributed by atoms with Crippen molar-refractivity contribution in [1.29, 1.82) is 0 Å². The van der Waals surface area contributed by atoms with Gasteiger partial charge >= 0.3 is 6.03 Å². The molecule has 1 saturated carbocycles. The van der Waals surface area contributed by atoms with E-state index >= 15 is 0 Å². The summed E-state index contributed by atoms with van der Waals surface area (Å²) in [5.41, 5.74) is 5.95. The number of hydrogen-bond donors (Lipinski definition) is 1. The molecule has 2 amide bonds. The van der Waals surface area contributed by atoms with E-state index in [-0.39, 0.29) is 12.1 Å². The Bertz CT molecular complexity index is 296. The molecule has 2 N–H and O–H groups in total. The summed E-state index contributed by atoms with van der Waals surface area (Å²) in [5.74, 6) is 0.772. The first-order valence-electron chi connectivity index (χ1n) is 8.44. The minimum atomic E-state index is 0.191. The highest BCUT2D eigenvalue weighted by Gasteiger charge is 2.27. The molecule has 0 bridgehead atoms. The Labute approximate surface area is 123 Å². The zero-order valence-electron chi connectivity index (χ0n) is 13.0. The number of likely N-dealkylation sites (N-methyl/N-ethyl adjacent to an activating group) is 1. The zero-order chi connectivity index (χ0) is 14.4. The molecule has 1 atom stereocenters. The predicted molar refractivity (Wildman–Crippen MR) is 82.6 cm³/mol. The van der Waals surface area contributed by atoms with Crippen molar-refractivity contribution in [2.45, 2.75) is 63.8 Å². The Morgan fingerprint density at radius 2 is 1.75 bits per heavy atom. The lowest BCUT2D eigenvalue weighted by molar-refractivity contribution is 0.129. The molecule has 2 aliphatic rings. The van der Waals surface area contributed by atoms with Gasteiger partial charge in [-0.25, -0.2) is 4.79 Å². The fourth-order valence-electron chi connectivity index (χ4n) is 3.68. The van der Waals surface area contributed by atoms with Crippen LogP contribution in [0.4, 0.5) is 4.79 Å². The molecule has 0 radical (unpaired) electrons. The smallest absolute Gasteiger partial charge is 0.320 e. The summed E-state index contributed by atoms with van der Waals surface area (Å²) in [6.45, 7) is 2.43. The molecule has 0 aromatic carbocycles. The second-order valence-electron chi connectivity index (χ2n) is 6.57. The second-order valence-corrected chi connectivity index (χ2v) is 6.57. The van der Waals surface area contributed by atoms with Crippen molar-refractivity contribution in [2.24, 2.45) is 11.7 Å². The van der Waals surface area contributed by atoms with Gasteiger partial charge in [-0.3, -0.25) is 0 Å². The predicted octanol–water partition coefficient (Wildman–Crippen LogP) is 2.82. The average molecular weight is 281 g/mol. The van der Waals surface area contributed by atoms with Gasteiger partial charge in [0, 0.05) is 32.7 Å². The Hall–Kier alpha value is -0.770. The number of piperidine rings is 1. The van der Waals surface area contributed by atoms with Crippen LogP contribution in [0.2, 0.25) is 0 Å². The lowest BCUT2D eigenvalue weighted by atomic mass is 9.84. The summed E-state index contributed by atoms with van der Waals surface area (Å²) in [4.78, 5) is 16.5. The van der Waals surface area contributed by atoms with Gasteiger partial charge in [-0.05, 0) is 31.6 Å². The Kier molecular flexibility index (Phi) is 6.14. The molecule has 0 aromatic rings. The molecule has 1 aliphatic carbocycles. The third-order valence-electron chi connectivity index (χ3n) is 5.08. The molecule has 20 heavy (non-hydrogen) atoms. The van der Waals surface area contributed by atoms with Crippen molar-refractivity contribution >= 4 is 6.03 Å². The highest BCUT2D eigenvalue weighted by molar-refractivity contribution is 5.74. The molecule has 2 rings (SSSR count). The van der Waals surface area contributed by atoms with Crippen molar-refractivity contribution < 1.29 is 4.79 Å². The van der Waals surface area contributed by atoms with Gasteiger partial charge in [0.25, 0.3) is 0 Å². The first-order valence-corrected chi connectivity index (χ1v) is 8.44. The second kappa shape index (κ2) is 7.87. The van der Waals surface area contributed by atoms with Gasteiger partial charge < -0.3 is 15.5 Å². The van der Waals surface area contributed by atoms with Crippen LogP contribution >= 0.6 is 0 Å². The molecule has 0 aromatic heterocycles. The first-order chi connectivity index (χ1) is 9.72. The van der Waals surface area contributed by atoms with E-state index in [0.29, 0.717) is 6.54 Å². The van der Waals surface area contributed by atoms with Crippen LogP contribution in [0.1, 0.15) is 57.8 Å². The Morgan fingerprint density at radius 3 is 2.35 bits per heavy atom. The Morgan fingerprint density at radius 1 is 1.15 bits per heavy atom. The van der Waals surface area contributed by atoms with Gasteiger partial charge in [0.05, 0.1) is 0 Å². The van der Waals surface area contributed by atoms with Crippen LogP contribution in [0, 0.1) is 5.92 Å². The van der Waals surface area contributed by atoms with Crippen molar-refractivity contribution in [3.8, 4) is 0 Å². The van der Waals surface area contributed by atoms with Gasteiger partial charge in [0.15, 0.2) is 0 Å². The molecule has 0 spiro atoms. The van der Waals surface area contributed by atoms with E-state index in [0.717, 1.165) is 38.3 Å². The van der Waals surface area contributed by atoms with Gasteiger partial charge in [-0.2, -0.15) is 0 Å². The number of hydrogen-bond acceptors (Lipinski definition) is 2. The lowest BCUT2D eigenvalue weighted by Crippen LogP contribution is -2.50. The molecule has 1 unspecified atom stereocenters. The molecule has 4 heteroatoms. The van der Waals surface area contributed by atoms with Crippen LogP contribution in [-0.2, 0) is 0 Å². The summed E-state index contributed by atoms with van der Waals surface area (Å²) in [5, 5.41) is 0. The topological polar surface area (TPSA) is 49.6 Å². The van der Waals surface area contributed by atoms with Gasteiger partial charge in [0.2, 0.25) is 0 Å². The molecule has 1 heterocycles.